The van der Waals surface area contributed by atoms with Crippen LogP contribution in [-0.4, -0.2) is 23.9 Å². The maximum atomic E-state index is 8.71. The van der Waals surface area contributed by atoms with Gasteiger partial charge in [0.2, 0.25) is 0 Å². The molecule has 0 spiro atoms. The fraction of sp³-hybridized carbons (Fsp3) is 1.00. The summed E-state index contributed by atoms with van der Waals surface area (Å²) in [6.45, 7) is 7.95. The van der Waals surface area contributed by atoms with E-state index in [1.807, 2.05) is 0 Å². The summed E-state index contributed by atoms with van der Waals surface area (Å²) in [4.78, 5) is 0. The molecule has 0 aliphatic carbocycles. The van der Waals surface area contributed by atoms with Crippen molar-refractivity contribution >= 4 is 0 Å². The van der Waals surface area contributed by atoms with Gasteiger partial charge in [-0.15, -0.1) is 0 Å². The molecule has 1 saturated heterocycles. The summed E-state index contributed by atoms with van der Waals surface area (Å²) in [6.07, 6.45) is 4.19. The normalized spacial score (nSPS) is 32.3. The smallest absolute Gasteiger partial charge is 0.0706 e. The largest absolute Gasteiger partial charge is 0.396 e. The molecule has 1 rings (SSSR count). The van der Waals surface area contributed by atoms with E-state index in [9.17, 15) is 0 Å². The molecule has 2 heteroatoms. The zero-order valence-corrected chi connectivity index (χ0v) is 9.10. The van der Waals surface area contributed by atoms with Crippen LogP contribution in [0, 0.1) is 5.41 Å². The molecule has 0 bridgehead atoms. The molecule has 1 heterocycles. The molecule has 0 aromatic carbocycles. The predicted molar refractivity (Wildman–Crippen MR) is 53.7 cm³/mol. The first-order valence-corrected chi connectivity index (χ1v) is 5.27. The maximum absolute atomic E-state index is 8.71. The topological polar surface area (TPSA) is 29.5 Å². The fourth-order valence-electron chi connectivity index (χ4n) is 1.98. The Morgan fingerprint density at radius 2 is 1.92 bits per heavy atom. The van der Waals surface area contributed by atoms with E-state index in [0.717, 1.165) is 32.3 Å². The Hall–Kier alpha value is -0.0800. The molecule has 0 radical (unpaired) electrons. The van der Waals surface area contributed by atoms with Crippen LogP contribution < -0.4 is 0 Å². The van der Waals surface area contributed by atoms with Gasteiger partial charge in [0.1, 0.15) is 0 Å². The van der Waals surface area contributed by atoms with Crippen LogP contribution in [0.4, 0.5) is 0 Å². The van der Waals surface area contributed by atoms with Crippen molar-refractivity contribution in [2.45, 2.75) is 52.1 Å². The van der Waals surface area contributed by atoms with Crippen molar-refractivity contribution in [3.63, 3.8) is 0 Å². The van der Waals surface area contributed by atoms with E-state index in [2.05, 4.69) is 20.8 Å². The van der Waals surface area contributed by atoms with Crippen LogP contribution in [0.15, 0.2) is 0 Å². The fourth-order valence-corrected chi connectivity index (χ4v) is 1.98. The van der Waals surface area contributed by atoms with Gasteiger partial charge in [0.25, 0.3) is 0 Å². The van der Waals surface area contributed by atoms with E-state index in [1.165, 1.54) is 0 Å². The van der Waals surface area contributed by atoms with Gasteiger partial charge in [0.15, 0.2) is 0 Å². The van der Waals surface area contributed by atoms with Crippen LogP contribution in [-0.2, 0) is 4.74 Å². The third-order valence-corrected chi connectivity index (χ3v) is 3.64. The zero-order chi connectivity index (χ0) is 9.95. The van der Waals surface area contributed by atoms with Gasteiger partial charge in [-0.1, -0.05) is 13.8 Å². The third kappa shape index (κ3) is 2.23. The van der Waals surface area contributed by atoms with Crippen molar-refractivity contribution in [3.05, 3.63) is 0 Å². The number of hydrogen-bond donors (Lipinski definition) is 1. The van der Waals surface area contributed by atoms with E-state index < -0.39 is 0 Å². The van der Waals surface area contributed by atoms with Gasteiger partial charge in [-0.05, 0) is 38.0 Å². The first-order valence-electron chi connectivity index (χ1n) is 5.27. The van der Waals surface area contributed by atoms with E-state index in [0.29, 0.717) is 12.0 Å². The summed E-state index contributed by atoms with van der Waals surface area (Å²) in [5, 5.41) is 8.71. The molecule has 1 aliphatic rings. The highest BCUT2D eigenvalue weighted by Gasteiger charge is 2.45. The van der Waals surface area contributed by atoms with Gasteiger partial charge < -0.3 is 9.84 Å². The third-order valence-electron chi connectivity index (χ3n) is 3.64. The van der Waals surface area contributed by atoms with Gasteiger partial charge in [-0.2, -0.15) is 0 Å². The van der Waals surface area contributed by atoms with Gasteiger partial charge in [0, 0.05) is 13.2 Å². The lowest BCUT2D eigenvalue weighted by atomic mass is 9.73. The highest BCUT2D eigenvalue weighted by atomic mass is 16.5. The van der Waals surface area contributed by atoms with Crippen LogP contribution in [0.3, 0.4) is 0 Å². The number of aliphatic hydroxyl groups excluding tert-OH is 1. The molecular weight excluding hydrogens is 164 g/mol. The second-order valence-corrected chi connectivity index (χ2v) is 4.89. The lowest BCUT2D eigenvalue weighted by Gasteiger charge is -2.37. The van der Waals surface area contributed by atoms with Crippen LogP contribution in [0.1, 0.15) is 46.5 Å². The van der Waals surface area contributed by atoms with Crippen molar-refractivity contribution in [1.82, 2.24) is 0 Å². The molecule has 0 aromatic heterocycles. The SMILES string of the molecule is CC1(C)CCOC1(C)CCCCO. The minimum absolute atomic E-state index is 0.0299. The summed E-state index contributed by atoms with van der Waals surface area (Å²) in [7, 11) is 0. The molecule has 1 aliphatic heterocycles. The second-order valence-electron chi connectivity index (χ2n) is 4.89. The molecule has 13 heavy (non-hydrogen) atoms. The molecule has 0 aromatic rings. The highest BCUT2D eigenvalue weighted by Crippen LogP contribution is 2.45. The lowest BCUT2D eigenvalue weighted by molar-refractivity contribution is -0.0437. The summed E-state index contributed by atoms with van der Waals surface area (Å²) >= 11 is 0. The van der Waals surface area contributed by atoms with Crippen molar-refractivity contribution in [2.24, 2.45) is 5.41 Å². The summed E-state index contributed by atoms with van der Waals surface area (Å²) < 4.78 is 5.82. The van der Waals surface area contributed by atoms with Crippen LogP contribution in [0.2, 0.25) is 0 Å². The Kier molecular flexibility index (Phi) is 3.36. The molecule has 0 saturated carbocycles. The van der Waals surface area contributed by atoms with Crippen molar-refractivity contribution in [1.29, 1.82) is 0 Å². The minimum atomic E-state index is 0.0299. The van der Waals surface area contributed by atoms with Crippen LogP contribution in [0.25, 0.3) is 0 Å². The molecule has 1 fully saturated rings. The van der Waals surface area contributed by atoms with Gasteiger partial charge in [-0.3, -0.25) is 0 Å². The Morgan fingerprint density at radius 1 is 1.23 bits per heavy atom. The first kappa shape index (κ1) is 11.0. The molecule has 2 nitrogen and oxygen atoms in total. The molecular formula is C11H22O2. The van der Waals surface area contributed by atoms with Gasteiger partial charge >= 0.3 is 0 Å². The van der Waals surface area contributed by atoms with Crippen molar-refractivity contribution in [3.8, 4) is 0 Å². The van der Waals surface area contributed by atoms with Gasteiger partial charge in [0.05, 0.1) is 5.60 Å². The van der Waals surface area contributed by atoms with Crippen LogP contribution >= 0.6 is 0 Å². The number of ether oxygens (including phenoxy) is 1. The summed E-state index contributed by atoms with van der Waals surface area (Å²) in [5.74, 6) is 0. The Morgan fingerprint density at radius 3 is 2.38 bits per heavy atom. The predicted octanol–water partition coefficient (Wildman–Crippen LogP) is 2.35. The lowest BCUT2D eigenvalue weighted by Crippen LogP contribution is -2.38. The molecule has 1 N–H and O–H groups in total. The molecule has 1 atom stereocenters. The molecule has 1 unspecified atom stereocenters. The number of rotatable bonds is 4. The molecule has 0 amide bonds. The minimum Gasteiger partial charge on any atom is -0.396 e. The Bertz CT molecular complexity index is 165. The second kappa shape index (κ2) is 3.97. The van der Waals surface area contributed by atoms with E-state index in [-0.39, 0.29) is 5.60 Å². The summed E-state index contributed by atoms with van der Waals surface area (Å²) in [6, 6.07) is 0. The average molecular weight is 186 g/mol. The zero-order valence-electron chi connectivity index (χ0n) is 9.10. The number of hydrogen-bond acceptors (Lipinski definition) is 2. The average Bonchev–Trinajstić information content (AvgIpc) is 2.28. The standard InChI is InChI=1S/C11H22O2/c1-10(2)7-9-13-11(10,3)6-4-5-8-12/h12H,4-9H2,1-3H3. The maximum Gasteiger partial charge on any atom is 0.0706 e. The van der Waals surface area contributed by atoms with Crippen LogP contribution in [0.5, 0.6) is 0 Å². The van der Waals surface area contributed by atoms with E-state index >= 15 is 0 Å². The van der Waals surface area contributed by atoms with Crippen molar-refractivity contribution in [2.75, 3.05) is 13.2 Å². The summed E-state index contributed by atoms with van der Waals surface area (Å²) in [5.41, 5.74) is 0.324. The highest BCUT2D eigenvalue weighted by molar-refractivity contribution is 4.95. The van der Waals surface area contributed by atoms with Crippen molar-refractivity contribution < 1.29 is 9.84 Å². The first-order chi connectivity index (χ1) is 6.02. The molecule has 78 valence electrons. The number of aliphatic hydroxyl groups is 1. The van der Waals surface area contributed by atoms with E-state index in [1.54, 1.807) is 0 Å². The number of unbranched alkanes of at least 4 members (excludes halogenated alkanes) is 1. The monoisotopic (exact) mass is 186 g/mol. The van der Waals surface area contributed by atoms with Gasteiger partial charge in [-0.25, -0.2) is 0 Å². The Labute approximate surface area is 81.3 Å². The van der Waals surface area contributed by atoms with E-state index in [4.69, 9.17) is 9.84 Å². The quantitative estimate of drug-likeness (QED) is 0.683. The Balaban J connectivity index is 2.45.